The second-order valence-electron chi connectivity index (χ2n) is 2.29. The molecule has 1 aromatic heterocycles. The molecular formula is C7H12N3. The molecule has 0 aromatic carbocycles. The van der Waals surface area contributed by atoms with Crippen LogP contribution in [0.3, 0.4) is 0 Å². The Morgan fingerprint density at radius 1 is 1.80 bits per heavy atom. The van der Waals surface area contributed by atoms with E-state index < -0.39 is 0 Å². The second-order valence-corrected chi connectivity index (χ2v) is 2.29. The van der Waals surface area contributed by atoms with Crippen molar-refractivity contribution in [2.45, 2.75) is 25.7 Å². The highest BCUT2D eigenvalue weighted by Crippen LogP contribution is 2.18. The van der Waals surface area contributed by atoms with Crippen molar-refractivity contribution in [3.63, 3.8) is 0 Å². The zero-order chi connectivity index (χ0) is 7.40. The fourth-order valence-corrected chi connectivity index (χ4v) is 0.971. The van der Waals surface area contributed by atoms with Crippen molar-refractivity contribution in [3.8, 4) is 0 Å². The van der Waals surface area contributed by atoms with Crippen LogP contribution >= 0.6 is 0 Å². The van der Waals surface area contributed by atoms with E-state index in [1.807, 2.05) is 6.20 Å². The minimum absolute atomic E-state index is 0.471. The van der Waals surface area contributed by atoms with Gasteiger partial charge in [-0.2, -0.15) is 0 Å². The fraction of sp³-hybridized carbons (Fsp3) is 0.571. The van der Waals surface area contributed by atoms with Crippen LogP contribution in [0.5, 0.6) is 0 Å². The van der Waals surface area contributed by atoms with Crippen molar-refractivity contribution in [1.82, 2.24) is 15.4 Å². The zero-order valence-electron chi connectivity index (χ0n) is 6.17. The van der Waals surface area contributed by atoms with Crippen molar-refractivity contribution in [2.75, 3.05) is 0 Å². The monoisotopic (exact) mass is 138 g/mol. The first-order valence-corrected chi connectivity index (χ1v) is 3.54. The smallest absolute Gasteiger partial charge is 0.0855 e. The Balaban J connectivity index is 2.64. The van der Waals surface area contributed by atoms with Gasteiger partial charge in [-0.3, -0.25) is 5.10 Å². The van der Waals surface area contributed by atoms with E-state index in [2.05, 4.69) is 29.3 Å². The van der Waals surface area contributed by atoms with Gasteiger partial charge in [0.1, 0.15) is 0 Å². The van der Waals surface area contributed by atoms with E-state index in [1.165, 1.54) is 0 Å². The van der Waals surface area contributed by atoms with Crippen molar-refractivity contribution < 1.29 is 0 Å². The molecule has 1 rings (SSSR count). The van der Waals surface area contributed by atoms with Crippen molar-refractivity contribution in [1.29, 1.82) is 0 Å². The number of nitrogens with zero attached hydrogens (tertiary/aromatic N) is 2. The van der Waals surface area contributed by atoms with Crippen LogP contribution < -0.4 is 0 Å². The van der Waals surface area contributed by atoms with Gasteiger partial charge in [0.05, 0.1) is 5.69 Å². The third-order valence-corrected chi connectivity index (χ3v) is 1.70. The first-order chi connectivity index (χ1) is 4.88. The minimum atomic E-state index is 0.471. The highest BCUT2D eigenvalue weighted by Gasteiger charge is 2.08. The number of aromatic amines is 1. The molecule has 1 heterocycles. The zero-order valence-corrected chi connectivity index (χ0v) is 6.17. The molecule has 3 heteroatoms. The summed E-state index contributed by atoms with van der Waals surface area (Å²) in [4.78, 5) is 0. The molecule has 1 unspecified atom stereocenters. The van der Waals surface area contributed by atoms with E-state index >= 15 is 0 Å². The summed E-state index contributed by atoms with van der Waals surface area (Å²) in [7, 11) is 0. The maximum absolute atomic E-state index is 3.91. The predicted molar refractivity (Wildman–Crippen MR) is 39.4 cm³/mol. The predicted octanol–water partition coefficient (Wildman–Crippen LogP) is 1.52. The number of hydrogen-bond donors (Lipinski definition) is 1. The summed E-state index contributed by atoms with van der Waals surface area (Å²) in [6, 6.07) is 0. The third kappa shape index (κ3) is 1.35. The average Bonchev–Trinajstić information content (AvgIpc) is 2.43. The maximum Gasteiger partial charge on any atom is 0.0855 e. The number of hydrogen-bond acceptors (Lipinski definition) is 2. The van der Waals surface area contributed by atoms with Gasteiger partial charge in [-0.25, -0.2) is 0 Å². The highest BCUT2D eigenvalue weighted by molar-refractivity contribution is 5.00. The van der Waals surface area contributed by atoms with Gasteiger partial charge >= 0.3 is 0 Å². The van der Waals surface area contributed by atoms with Gasteiger partial charge in [-0.15, -0.1) is 5.10 Å². The number of nitrogens with one attached hydrogen (secondary N) is 1. The van der Waals surface area contributed by atoms with Crippen molar-refractivity contribution in [3.05, 3.63) is 18.8 Å². The van der Waals surface area contributed by atoms with Crippen LogP contribution in [0, 0.1) is 6.92 Å². The number of rotatable bonds is 3. The first-order valence-electron chi connectivity index (χ1n) is 3.54. The fourth-order valence-electron chi connectivity index (χ4n) is 0.971. The molecule has 0 bridgehead atoms. The lowest BCUT2D eigenvalue weighted by molar-refractivity contribution is 0.648. The molecule has 0 saturated carbocycles. The molecule has 0 saturated heterocycles. The van der Waals surface area contributed by atoms with Crippen LogP contribution in [-0.4, -0.2) is 15.4 Å². The molecule has 1 atom stereocenters. The van der Waals surface area contributed by atoms with E-state index in [1.54, 1.807) is 0 Å². The minimum Gasteiger partial charge on any atom is -0.265 e. The van der Waals surface area contributed by atoms with Crippen LogP contribution in [0.25, 0.3) is 0 Å². The quantitative estimate of drug-likeness (QED) is 0.688. The molecule has 1 radical (unpaired) electrons. The van der Waals surface area contributed by atoms with Gasteiger partial charge in [-0.05, 0) is 12.8 Å². The summed E-state index contributed by atoms with van der Waals surface area (Å²) in [5, 5.41) is 10.2. The van der Waals surface area contributed by atoms with Gasteiger partial charge in [-0.1, -0.05) is 19.1 Å². The highest BCUT2D eigenvalue weighted by atomic mass is 15.3. The molecule has 0 spiro atoms. The molecule has 0 aliphatic carbocycles. The third-order valence-electron chi connectivity index (χ3n) is 1.70. The normalized spacial score (nSPS) is 10.7. The Kier molecular flexibility index (Phi) is 2.42. The molecule has 0 amide bonds. The van der Waals surface area contributed by atoms with E-state index in [4.69, 9.17) is 0 Å². The Labute approximate surface area is 60.8 Å². The lowest BCUT2D eigenvalue weighted by atomic mass is 10.0. The summed E-state index contributed by atoms with van der Waals surface area (Å²) < 4.78 is 0. The Morgan fingerprint density at radius 3 is 3.00 bits per heavy atom. The summed E-state index contributed by atoms with van der Waals surface area (Å²) >= 11 is 0. The largest absolute Gasteiger partial charge is 0.265 e. The van der Waals surface area contributed by atoms with Crippen LogP contribution in [0.4, 0.5) is 0 Å². The second kappa shape index (κ2) is 3.34. The Hall–Kier alpha value is -0.860. The molecule has 0 aliphatic heterocycles. The van der Waals surface area contributed by atoms with Crippen LogP contribution in [-0.2, 0) is 0 Å². The standard InChI is InChI=1S/C7H12N3/c1-3-6(4-2)7-5-8-10-9-7/h5-6H,1,3-4H2,2H3,(H,8,9,10). The Bertz CT molecular complexity index is 165. The molecule has 0 aliphatic rings. The lowest BCUT2D eigenvalue weighted by Crippen LogP contribution is -1.95. The number of H-pyrrole nitrogens is 1. The molecule has 10 heavy (non-hydrogen) atoms. The first kappa shape index (κ1) is 7.25. The lowest BCUT2D eigenvalue weighted by Gasteiger charge is -2.05. The molecule has 1 aromatic rings. The van der Waals surface area contributed by atoms with E-state index in [0.717, 1.165) is 18.5 Å². The average molecular weight is 138 g/mol. The SMILES string of the molecule is [CH2]CC(CC)c1c[nH]nn1. The van der Waals surface area contributed by atoms with Gasteiger partial charge in [0, 0.05) is 12.1 Å². The van der Waals surface area contributed by atoms with E-state index in [0.29, 0.717) is 5.92 Å². The summed E-state index contributed by atoms with van der Waals surface area (Å²) in [5.74, 6) is 0.471. The van der Waals surface area contributed by atoms with E-state index in [-0.39, 0.29) is 0 Å². The Morgan fingerprint density at radius 2 is 2.60 bits per heavy atom. The molecule has 0 fully saturated rings. The summed E-state index contributed by atoms with van der Waals surface area (Å²) in [6.07, 6.45) is 3.80. The summed E-state index contributed by atoms with van der Waals surface area (Å²) in [5.41, 5.74) is 1.03. The van der Waals surface area contributed by atoms with Crippen molar-refractivity contribution in [2.24, 2.45) is 0 Å². The van der Waals surface area contributed by atoms with Crippen LogP contribution in [0.15, 0.2) is 6.20 Å². The maximum atomic E-state index is 3.91. The topological polar surface area (TPSA) is 41.6 Å². The number of aromatic nitrogens is 3. The van der Waals surface area contributed by atoms with Gasteiger partial charge in [0.15, 0.2) is 0 Å². The summed E-state index contributed by atoms with van der Waals surface area (Å²) in [6.45, 7) is 5.96. The van der Waals surface area contributed by atoms with Gasteiger partial charge in [0.25, 0.3) is 0 Å². The van der Waals surface area contributed by atoms with Crippen molar-refractivity contribution >= 4 is 0 Å². The van der Waals surface area contributed by atoms with Gasteiger partial charge < -0.3 is 0 Å². The van der Waals surface area contributed by atoms with E-state index in [9.17, 15) is 0 Å². The molecule has 1 N–H and O–H groups in total. The molecular weight excluding hydrogens is 126 g/mol. The van der Waals surface area contributed by atoms with Crippen LogP contribution in [0.2, 0.25) is 0 Å². The van der Waals surface area contributed by atoms with Gasteiger partial charge in [0.2, 0.25) is 0 Å². The molecule has 3 nitrogen and oxygen atoms in total. The van der Waals surface area contributed by atoms with Crippen LogP contribution in [0.1, 0.15) is 31.4 Å². The molecule has 55 valence electrons.